The van der Waals surface area contributed by atoms with E-state index in [0.717, 1.165) is 36.8 Å². The molecule has 2 aromatic rings. The summed E-state index contributed by atoms with van der Waals surface area (Å²) < 4.78 is 26.0. The predicted molar refractivity (Wildman–Crippen MR) is 149 cm³/mol. The van der Waals surface area contributed by atoms with E-state index in [1.165, 1.54) is 6.92 Å². The van der Waals surface area contributed by atoms with Crippen molar-refractivity contribution in [1.29, 1.82) is 0 Å². The van der Waals surface area contributed by atoms with Crippen molar-refractivity contribution < 1.29 is 48.0 Å². The third-order valence-corrected chi connectivity index (χ3v) is 6.25. The zero-order chi connectivity index (χ0) is 29.9. The van der Waals surface area contributed by atoms with Crippen molar-refractivity contribution in [3.63, 3.8) is 0 Å². The number of unbranched alkanes of at least 4 members (excludes halogenated alkanes) is 5. The minimum atomic E-state index is -1.22. The van der Waals surface area contributed by atoms with Crippen LogP contribution in [0.4, 0.5) is 9.59 Å². The molecular weight excluding hydrogens is 532 g/mol. The van der Waals surface area contributed by atoms with E-state index in [9.17, 15) is 19.2 Å². The van der Waals surface area contributed by atoms with Gasteiger partial charge in [0.25, 0.3) is 0 Å². The molecule has 41 heavy (non-hydrogen) atoms. The molecular formula is C31H40O10. The number of rotatable bonds is 18. The zero-order valence-electron chi connectivity index (χ0n) is 23.7. The summed E-state index contributed by atoms with van der Waals surface area (Å²) in [5, 5.41) is 8.73. The second-order valence-corrected chi connectivity index (χ2v) is 9.65. The van der Waals surface area contributed by atoms with Gasteiger partial charge in [0.2, 0.25) is 6.29 Å². The van der Waals surface area contributed by atoms with Gasteiger partial charge in [-0.25, -0.2) is 9.59 Å². The van der Waals surface area contributed by atoms with Crippen molar-refractivity contribution in [2.45, 2.75) is 90.8 Å². The second kappa shape index (κ2) is 19.1. The Morgan fingerprint density at radius 2 is 1.15 bits per heavy atom. The molecule has 10 nitrogen and oxygen atoms in total. The maximum Gasteiger partial charge on any atom is 0.511 e. The van der Waals surface area contributed by atoms with E-state index < -0.39 is 42.6 Å². The van der Waals surface area contributed by atoms with Gasteiger partial charge in [-0.2, -0.15) is 0 Å². The van der Waals surface area contributed by atoms with Crippen LogP contribution in [0.25, 0.3) is 0 Å². The molecule has 0 amide bonds. The molecule has 0 aliphatic heterocycles. The van der Waals surface area contributed by atoms with Gasteiger partial charge in [-0.1, -0.05) is 92.8 Å². The highest BCUT2D eigenvalue weighted by Crippen LogP contribution is 2.21. The third kappa shape index (κ3) is 14.8. The van der Waals surface area contributed by atoms with Gasteiger partial charge in [-0.05, 0) is 30.9 Å². The Hall–Kier alpha value is -4.08. The molecule has 0 saturated carbocycles. The Morgan fingerprint density at radius 3 is 1.68 bits per heavy atom. The Bertz CT molecular complexity index is 1060. The fourth-order valence-electron chi connectivity index (χ4n) is 4.04. The van der Waals surface area contributed by atoms with Crippen molar-refractivity contribution in [3.8, 4) is 0 Å². The van der Waals surface area contributed by atoms with Gasteiger partial charge in [-0.15, -0.1) is 0 Å². The molecule has 0 saturated heterocycles. The molecule has 10 heteroatoms. The number of carboxylic acid groups (broad SMARTS) is 1. The molecule has 3 unspecified atom stereocenters. The number of hydrogen-bond acceptors (Lipinski definition) is 9. The van der Waals surface area contributed by atoms with Crippen LogP contribution in [0.5, 0.6) is 0 Å². The van der Waals surface area contributed by atoms with E-state index in [-0.39, 0.29) is 19.6 Å². The summed E-state index contributed by atoms with van der Waals surface area (Å²) in [6.45, 7) is 3.02. The summed E-state index contributed by atoms with van der Waals surface area (Å²) in [7, 11) is 0. The first-order chi connectivity index (χ1) is 19.7. The van der Waals surface area contributed by atoms with Crippen molar-refractivity contribution in [3.05, 3.63) is 71.8 Å². The van der Waals surface area contributed by atoms with Crippen LogP contribution in [-0.2, 0) is 46.5 Å². The van der Waals surface area contributed by atoms with Crippen LogP contribution in [0.2, 0.25) is 0 Å². The first kappa shape index (κ1) is 33.1. The summed E-state index contributed by atoms with van der Waals surface area (Å²) in [6.07, 6.45) is 1.21. The third-order valence-electron chi connectivity index (χ3n) is 6.25. The van der Waals surface area contributed by atoms with Crippen LogP contribution >= 0.6 is 0 Å². The number of benzene rings is 2. The zero-order valence-corrected chi connectivity index (χ0v) is 23.7. The van der Waals surface area contributed by atoms with Gasteiger partial charge in [0, 0.05) is 13.3 Å². The monoisotopic (exact) mass is 572 g/mol. The number of carbonyl (C=O) groups is 4. The Morgan fingerprint density at radius 1 is 0.659 bits per heavy atom. The van der Waals surface area contributed by atoms with Crippen LogP contribution in [0, 0.1) is 5.92 Å². The molecule has 0 heterocycles. The molecule has 0 aliphatic carbocycles. The van der Waals surface area contributed by atoms with Gasteiger partial charge >= 0.3 is 24.2 Å². The van der Waals surface area contributed by atoms with Crippen molar-refractivity contribution in [2.75, 3.05) is 0 Å². The van der Waals surface area contributed by atoms with E-state index >= 15 is 0 Å². The molecule has 0 aromatic heterocycles. The van der Waals surface area contributed by atoms with Crippen molar-refractivity contribution in [2.24, 2.45) is 5.92 Å². The lowest BCUT2D eigenvalue weighted by Crippen LogP contribution is -2.34. The van der Waals surface area contributed by atoms with Gasteiger partial charge in [0.05, 0.1) is 5.92 Å². The van der Waals surface area contributed by atoms with E-state index in [1.54, 1.807) is 19.1 Å². The van der Waals surface area contributed by atoms with E-state index in [0.29, 0.717) is 19.3 Å². The lowest BCUT2D eigenvalue weighted by molar-refractivity contribution is -0.177. The Kier molecular flexibility index (Phi) is 15.4. The van der Waals surface area contributed by atoms with Gasteiger partial charge in [0.15, 0.2) is 0 Å². The fourth-order valence-corrected chi connectivity index (χ4v) is 4.04. The smallest absolute Gasteiger partial charge is 0.481 e. The van der Waals surface area contributed by atoms with Crippen LogP contribution < -0.4 is 0 Å². The highest BCUT2D eigenvalue weighted by atomic mass is 16.8. The number of aliphatic carboxylic acids is 1. The fraction of sp³-hybridized carbons (Fsp3) is 0.484. The van der Waals surface area contributed by atoms with E-state index in [4.69, 9.17) is 28.8 Å². The summed E-state index contributed by atoms with van der Waals surface area (Å²) in [5.74, 6) is -2.30. The topological polar surface area (TPSA) is 135 Å². The second-order valence-electron chi connectivity index (χ2n) is 9.65. The quantitative estimate of drug-likeness (QED) is 0.0880. The Balaban J connectivity index is 1.85. The highest BCUT2D eigenvalue weighted by Gasteiger charge is 2.31. The minimum absolute atomic E-state index is 0.00917. The van der Waals surface area contributed by atoms with Crippen molar-refractivity contribution >= 4 is 24.2 Å². The number of ether oxygens (including phenoxy) is 5. The largest absolute Gasteiger partial charge is 0.511 e. The number of hydrogen-bond donors (Lipinski definition) is 1. The maximum absolute atomic E-state index is 13.0. The molecule has 0 radical (unpaired) electrons. The van der Waals surface area contributed by atoms with Crippen molar-refractivity contribution in [1.82, 2.24) is 0 Å². The number of carbonyl (C=O) groups excluding carboxylic acids is 3. The molecule has 0 spiro atoms. The summed E-state index contributed by atoms with van der Waals surface area (Å²) in [5.41, 5.74) is 1.57. The molecule has 3 atom stereocenters. The van der Waals surface area contributed by atoms with Gasteiger partial charge in [-0.3, -0.25) is 9.59 Å². The molecule has 0 fully saturated rings. The Labute approximate surface area is 240 Å². The first-order valence-electron chi connectivity index (χ1n) is 13.9. The molecule has 0 bridgehead atoms. The van der Waals surface area contributed by atoms with Crippen LogP contribution in [0.15, 0.2) is 60.7 Å². The van der Waals surface area contributed by atoms with Crippen LogP contribution in [0.1, 0.15) is 76.3 Å². The molecule has 2 rings (SSSR count). The number of esters is 1. The summed E-state index contributed by atoms with van der Waals surface area (Å²) in [6, 6.07) is 18.2. The normalized spacial score (nSPS) is 12.8. The first-order valence-corrected chi connectivity index (χ1v) is 13.9. The standard InChI is InChI=1S/C31H40O10/c1-23(39-30(35)37-21-25-15-9-7-10-16-25)27(19-13-5-3-4-6-14-20-28(32)33)29(34)40-24(2)41-31(36)38-22-26-17-11-8-12-18-26/h7-12,15-18,23-24,27H,3-6,13-14,19-22H2,1-2H3,(H,32,33). The minimum Gasteiger partial charge on any atom is -0.481 e. The van der Waals surface area contributed by atoms with Crippen LogP contribution in [-0.4, -0.2) is 41.7 Å². The molecule has 1 N–H and O–H groups in total. The van der Waals surface area contributed by atoms with Gasteiger partial charge in [0.1, 0.15) is 19.3 Å². The lowest BCUT2D eigenvalue weighted by atomic mass is 9.95. The average molecular weight is 573 g/mol. The SMILES string of the molecule is CC(OC(=O)OCc1ccccc1)OC(=O)C(CCCCCCCCC(=O)O)C(C)OC(=O)OCc1ccccc1. The van der Waals surface area contributed by atoms with Gasteiger partial charge < -0.3 is 28.8 Å². The molecule has 0 aliphatic rings. The summed E-state index contributed by atoms with van der Waals surface area (Å²) in [4.78, 5) is 48.0. The highest BCUT2D eigenvalue weighted by molar-refractivity contribution is 5.74. The lowest BCUT2D eigenvalue weighted by Gasteiger charge is -2.24. The average Bonchev–Trinajstić information content (AvgIpc) is 2.94. The number of carboxylic acids is 1. The molecule has 2 aromatic carbocycles. The van der Waals surface area contributed by atoms with Crippen LogP contribution in [0.3, 0.4) is 0 Å². The van der Waals surface area contributed by atoms with E-state index in [1.807, 2.05) is 48.5 Å². The predicted octanol–water partition coefficient (Wildman–Crippen LogP) is 6.79. The molecule has 224 valence electrons. The van der Waals surface area contributed by atoms with E-state index in [2.05, 4.69) is 0 Å². The summed E-state index contributed by atoms with van der Waals surface area (Å²) >= 11 is 0. The maximum atomic E-state index is 13.0.